The van der Waals surface area contributed by atoms with Gasteiger partial charge in [-0.25, -0.2) is 0 Å². The topological polar surface area (TPSA) is 29.1 Å². The number of hydrogen-bond donors (Lipinski definition) is 1. The molecule has 0 spiro atoms. The number of benzene rings is 1. The molecule has 0 saturated carbocycles. The van der Waals surface area contributed by atoms with Gasteiger partial charge >= 0.3 is 0 Å². The first-order valence-corrected chi connectivity index (χ1v) is 4.93. The van der Waals surface area contributed by atoms with Gasteiger partial charge in [0.2, 0.25) is 5.91 Å². The summed E-state index contributed by atoms with van der Waals surface area (Å²) in [4.78, 5) is 11.1. The molecule has 1 radical (unpaired) electrons. The van der Waals surface area contributed by atoms with Crippen molar-refractivity contribution in [2.45, 2.75) is 19.3 Å². The summed E-state index contributed by atoms with van der Waals surface area (Å²) in [5.74, 6) is 0.0935. The summed E-state index contributed by atoms with van der Waals surface area (Å²) in [5, 5.41) is 2.85. The molecule has 1 rings (SSSR count). The number of carbonyl (C=O) groups is 1. The molecule has 2 nitrogen and oxygen atoms in total. The average Bonchev–Trinajstić information content (AvgIpc) is 2.20. The molecular weight excluding hydrogens is 174 g/mol. The monoisotopic (exact) mass is 190 g/mol. The van der Waals surface area contributed by atoms with Crippen molar-refractivity contribution < 1.29 is 4.79 Å². The fourth-order valence-corrected chi connectivity index (χ4v) is 1.24. The van der Waals surface area contributed by atoms with E-state index in [4.69, 9.17) is 0 Å². The summed E-state index contributed by atoms with van der Waals surface area (Å²) in [6.07, 6.45) is 2.08. The summed E-state index contributed by atoms with van der Waals surface area (Å²) in [5.41, 5.74) is 1.25. The minimum Gasteiger partial charge on any atom is -0.356 e. The van der Waals surface area contributed by atoms with Crippen LogP contribution in [0, 0.1) is 6.92 Å². The molecule has 0 heterocycles. The van der Waals surface area contributed by atoms with Gasteiger partial charge in [0.25, 0.3) is 0 Å². The van der Waals surface area contributed by atoms with Gasteiger partial charge in [0, 0.05) is 13.0 Å². The molecule has 75 valence electrons. The van der Waals surface area contributed by atoms with E-state index in [0.717, 1.165) is 6.42 Å². The Morgan fingerprint density at radius 3 is 2.64 bits per heavy atom. The van der Waals surface area contributed by atoms with Gasteiger partial charge < -0.3 is 5.32 Å². The molecule has 0 bridgehead atoms. The van der Waals surface area contributed by atoms with Crippen LogP contribution in [0.2, 0.25) is 0 Å². The third-order valence-electron chi connectivity index (χ3n) is 1.98. The highest BCUT2D eigenvalue weighted by Crippen LogP contribution is 1.98. The van der Waals surface area contributed by atoms with E-state index in [9.17, 15) is 4.79 Å². The number of nitrogens with one attached hydrogen (secondary N) is 1. The lowest BCUT2D eigenvalue weighted by atomic mass is 10.1. The summed E-state index contributed by atoms with van der Waals surface area (Å²) >= 11 is 0. The van der Waals surface area contributed by atoms with E-state index in [1.807, 2.05) is 18.2 Å². The van der Waals surface area contributed by atoms with Crippen molar-refractivity contribution in [2.75, 3.05) is 6.54 Å². The number of amides is 1. The zero-order chi connectivity index (χ0) is 10.2. The maximum atomic E-state index is 11.1. The Labute approximate surface area is 85.3 Å². The van der Waals surface area contributed by atoms with E-state index in [2.05, 4.69) is 24.4 Å². The van der Waals surface area contributed by atoms with E-state index in [1.165, 1.54) is 5.56 Å². The van der Waals surface area contributed by atoms with Crippen molar-refractivity contribution >= 4 is 5.91 Å². The number of hydrogen-bond acceptors (Lipinski definition) is 1. The van der Waals surface area contributed by atoms with Gasteiger partial charge in [-0.2, -0.15) is 0 Å². The van der Waals surface area contributed by atoms with E-state index >= 15 is 0 Å². The van der Waals surface area contributed by atoms with E-state index in [1.54, 1.807) is 0 Å². The smallest absolute Gasteiger partial charge is 0.220 e. The highest BCUT2D eigenvalue weighted by Gasteiger charge is 1.97. The highest BCUT2D eigenvalue weighted by molar-refractivity contribution is 5.75. The van der Waals surface area contributed by atoms with Crippen molar-refractivity contribution in [3.05, 3.63) is 42.8 Å². The van der Waals surface area contributed by atoms with Gasteiger partial charge in [-0.3, -0.25) is 4.79 Å². The van der Waals surface area contributed by atoms with Crippen LogP contribution in [0.5, 0.6) is 0 Å². The molecule has 0 atom stereocenters. The second kappa shape index (κ2) is 6.19. The lowest BCUT2D eigenvalue weighted by Gasteiger charge is -2.03. The third-order valence-corrected chi connectivity index (χ3v) is 1.98. The average molecular weight is 190 g/mol. The van der Waals surface area contributed by atoms with Crippen molar-refractivity contribution in [3.8, 4) is 0 Å². The Morgan fingerprint density at radius 2 is 2.00 bits per heavy atom. The van der Waals surface area contributed by atoms with Gasteiger partial charge in [-0.15, -0.1) is 0 Å². The van der Waals surface area contributed by atoms with Gasteiger partial charge in [0.15, 0.2) is 0 Å². The van der Waals surface area contributed by atoms with E-state index < -0.39 is 0 Å². The Kier molecular flexibility index (Phi) is 4.76. The molecule has 2 heteroatoms. The molecule has 0 aliphatic carbocycles. The van der Waals surface area contributed by atoms with E-state index in [0.29, 0.717) is 19.4 Å². The molecule has 0 aliphatic rings. The van der Waals surface area contributed by atoms with Crippen LogP contribution in [-0.2, 0) is 11.2 Å². The van der Waals surface area contributed by atoms with Crippen LogP contribution in [0.4, 0.5) is 0 Å². The second-order valence-corrected chi connectivity index (χ2v) is 3.19. The van der Waals surface area contributed by atoms with Crippen molar-refractivity contribution in [1.29, 1.82) is 0 Å². The molecule has 14 heavy (non-hydrogen) atoms. The third kappa shape index (κ3) is 4.08. The Bertz CT molecular complexity index is 269. The summed E-state index contributed by atoms with van der Waals surface area (Å²) in [7, 11) is 0. The van der Waals surface area contributed by atoms with Gasteiger partial charge in [-0.1, -0.05) is 37.3 Å². The second-order valence-electron chi connectivity index (χ2n) is 3.19. The molecule has 0 fully saturated rings. The molecule has 0 saturated heterocycles. The van der Waals surface area contributed by atoms with Crippen LogP contribution < -0.4 is 5.32 Å². The minimum atomic E-state index is 0.0935. The minimum absolute atomic E-state index is 0.0935. The molecule has 0 aromatic heterocycles. The molecule has 1 aromatic rings. The first kappa shape index (κ1) is 10.8. The highest BCUT2D eigenvalue weighted by atomic mass is 16.1. The zero-order valence-electron chi connectivity index (χ0n) is 8.33. The quantitative estimate of drug-likeness (QED) is 0.755. The molecule has 0 unspecified atom stereocenters. The van der Waals surface area contributed by atoms with Crippen LogP contribution in [0.1, 0.15) is 18.4 Å². The summed E-state index contributed by atoms with van der Waals surface area (Å²) < 4.78 is 0. The first-order chi connectivity index (χ1) is 6.83. The number of rotatable bonds is 5. The van der Waals surface area contributed by atoms with Crippen LogP contribution in [-0.4, -0.2) is 12.5 Å². The molecule has 1 amide bonds. The Morgan fingerprint density at radius 1 is 1.29 bits per heavy atom. The van der Waals surface area contributed by atoms with Crippen LogP contribution in [0.15, 0.2) is 30.3 Å². The summed E-state index contributed by atoms with van der Waals surface area (Å²) in [6, 6.07) is 10.1. The van der Waals surface area contributed by atoms with Crippen molar-refractivity contribution in [3.63, 3.8) is 0 Å². The molecule has 0 aliphatic heterocycles. The van der Waals surface area contributed by atoms with Crippen LogP contribution >= 0.6 is 0 Å². The summed E-state index contributed by atoms with van der Waals surface area (Å²) in [6.45, 7) is 4.34. The largest absolute Gasteiger partial charge is 0.356 e. The van der Waals surface area contributed by atoms with Crippen LogP contribution in [0.3, 0.4) is 0 Å². The van der Waals surface area contributed by atoms with E-state index in [-0.39, 0.29) is 5.91 Å². The Hall–Kier alpha value is -1.31. The number of carbonyl (C=O) groups excluding carboxylic acids is 1. The standard InChI is InChI=1S/C12H16NO/c1-2-6-12(14)13-10-9-11-7-4-3-5-8-11/h3-5,7-8H,1-2,6,9-10H2,(H,13,14). The normalized spacial score (nSPS) is 9.79. The predicted octanol–water partition coefficient (Wildman–Crippen LogP) is 1.96. The van der Waals surface area contributed by atoms with Gasteiger partial charge in [0.1, 0.15) is 0 Å². The van der Waals surface area contributed by atoms with Crippen molar-refractivity contribution in [1.82, 2.24) is 5.32 Å². The van der Waals surface area contributed by atoms with Gasteiger partial charge in [0.05, 0.1) is 0 Å². The molecule has 1 N–H and O–H groups in total. The SMILES string of the molecule is [CH2]CCC(=O)NCCc1ccccc1. The fourth-order valence-electron chi connectivity index (χ4n) is 1.24. The van der Waals surface area contributed by atoms with Crippen LogP contribution in [0.25, 0.3) is 0 Å². The zero-order valence-corrected chi connectivity index (χ0v) is 8.33. The Balaban J connectivity index is 2.19. The predicted molar refractivity (Wildman–Crippen MR) is 57.7 cm³/mol. The van der Waals surface area contributed by atoms with Crippen molar-refractivity contribution in [2.24, 2.45) is 0 Å². The lowest BCUT2D eigenvalue weighted by Crippen LogP contribution is -2.25. The maximum absolute atomic E-state index is 11.1. The first-order valence-electron chi connectivity index (χ1n) is 4.93. The lowest BCUT2D eigenvalue weighted by molar-refractivity contribution is -0.120. The molecular formula is C12H16NO. The maximum Gasteiger partial charge on any atom is 0.220 e. The fraction of sp³-hybridized carbons (Fsp3) is 0.333. The molecule has 1 aromatic carbocycles. The van der Waals surface area contributed by atoms with Gasteiger partial charge in [-0.05, 0) is 18.4 Å².